The molecular weight excluding hydrogens is 543 g/mol. The highest BCUT2D eigenvalue weighted by atomic mass is 127. The Kier molecular flexibility index (Phi) is 7.21. The molecule has 1 saturated heterocycles. The van der Waals surface area contributed by atoms with Crippen molar-refractivity contribution in [3.05, 3.63) is 97.7 Å². The molecule has 7 heteroatoms. The summed E-state index contributed by atoms with van der Waals surface area (Å²) in [6.07, 6.45) is 1.66. The second-order valence-corrected chi connectivity index (χ2v) is 9.34. The van der Waals surface area contributed by atoms with Crippen molar-refractivity contribution in [2.75, 3.05) is 7.11 Å². The minimum atomic E-state index is -0.434. The Balaban J connectivity index is 1.53. The van der Waals surface area contributed by atoms with Crippen molar-refractivity contribution in [3.63, 3.8) is 0 Å². The van der Waals surface area contributed by atoms with E-state index in [1.54, 1.807) is 19.3 Å². The number of aryl methyl sites for hydroxylation is 2. The van der Waals surface area contributed by atoms with E-state index >= 15 is 0 Å². The van der Waals surface area contributed by atoms with Gasteiger partial charge in [-0.2, -0.15) is 0 Å². The fourth-order valence-corrected chi connectivity index (χ4v) is 4.46. The van der Waals surface area contributed by atoms with Gasteiger partial charge < -0.3 is 14.8 Å². The summed E-state index contributed by atoms with van der Waals surface area (Å²) in [4.78, 5) is 26.6. The standard InChI is InChI=1S/C27H25IN2O4/c1-17-7-9-19(10-8-17)15-30-26(31)23(29-27(30)32)13-21-12-22(28)25(24(14-21)33-3)34-16-20-6-4-5-18(2)11-20/h4-14H,15-16H2,1-3H3,(H,29,32)/b23-13+. The van der Waals surface area contributed by atoms with E-state index in [2.05, 4.69) is 34.0 Å². The van der Waals surface area contributed by atoms with Crippen molar-refractivity contribution in [2.45, 2.75) is 27.0 Å². The van der Waals surface area contributed by atoms with Crippen LogP contribution < -0.4 is 14.8 Å². The molecule has 0 aromatic heterocycles. The Morgan fingerprint density at radius 2 is 1.74 bits per heavy atom. The largest absolute Gasteiger partial charge is 0.493 e. The number of carbonyl (C=O) groups excluding carboxylic acids is 2. The number of rotatable bonds is 7. The third-order valence-electron chi connectivity index (χ3n) is 5.45. The number of imide groups is 1. The van der Waals surface area contributed by atoms with Crippen LogP contribution in [0.15, 0.2) is 66.4 Å². The predicted octanol–water partition coefficient (Wildman–Crippen LogP) is 5.59. The summed E-state index contributed by atoms with van der Waals surface area (Å²) >= 11 is 2.19. The Hall–Kier alpha value is -3.33. The number of hydrogen-bond donors (Lipinski definition) is 1. The van der Waals surface area contributed by atoms with E-state index in [1.165, 1.54) is 10.5 Å². The molecule has 3 aromatic rings. The summed E-state index contributed by atoms with van der Waals surface area (Å²) in [5, 5.41) is 2.68. The van der Waals surface area contributed by atoms with Crippen LogP contribution in [0.5, 0.6) is 11.5 Å². The SMILES string of the molecule is COc1cc(/C=C2/NC(=O)N(Cc3ccc(C)cc3)C2=O)cc(I)c1OCc1cccc(C)c1. The van der Waals surface area contributed by atoms with Crippen LogP contribution in [0.2, 0.25) is 0 Å². The second-order valence-electron chi connectivity index (χ2n) is 8.18. The smallest absolute Gasteiger partial charge is 0.329 e. The molecule has 1 fully saturated rings. The lowest BCUT2D eigenvalue weighted by Crippen LogP contribution is -2.30. The van der Waals surface area contributed by atoms with Crippen LogP contribution in [-0.2, 0) is 17.9 Å². The molecule has 174 valence electrons. The lowest BCUT2D eigenvalue weighted by Gasteiger charge is -2.14. The first-order valence-corrected chi connectivity index (χ1v) is 11.9. The van der Waals surface area contributed by atoms with Gasteiger partial charge in [-0.15, -0.1) is 0 Å². The zero-order chi connectivity index (χ0) is 24.2. The van der Waals surface area contributed by atoms with Crippen LogP contribution in [0.25, 0.3) is 6.08 Å². The Morgan fingerprint density at radius 1 is 0.971 bits per heavy atom. The minimum absolute atomic E-state index is 0.217. The lowest BCUT2D eigenvalue weighted by molar-refractivity contribution is -0.123. The van der Waals surface area contributed by atoms with E-state index in [9.17, 15) is 9.59 Å². The summed E-state index contributed by atoms with van der Waals surface area (Å²) in [6, 6.07) is 19.1. The van der Waals surface area contributed by atoms with Crippen LogP contribution in [0.4, 0.5) is 4.79 Å². The van der Waals surface area contributed by atoms with Crippen molar-refractivity contribution < 1.29 is 19.1 Å². The first kappa shape index (κ1) is 23.8. The number of nitrogens with one attached hydrogen (secondary N) is 1. The highest BCUT2D eigenvalue weighted by molar-refractivity contribution is 14.1. The van der Waals surface area contributed by atoms with Crippen LogP contribution in [0, 0.1) is 17.4 Å². The predicted molar refractivity (Wildman–Crippen MR) is 139 cm³/mol. The summed E-state index contributed by atoms with van der Waals surface area (Å²) in [5.74, 6) is 0.827. The summed E-state index contributed by atoms with van der Waals surface area (Å²) in [6.45, 7) is 4.67. The highest BCUT2D eigenvalue weighted by Gasteiger charge is 2.33. The molecule has 3 amide bonds. The van der Waals surface area contributed by atoms with Crippen LogP contribution >= 0.6 is 22.6 Å². The number of benzene rings is 3. The average Bonchev–Trinajstić information content (AvgIpc) is 3.06. The monoisotopic (exact) mass is 568 g/mol. The van der Waals surface area contributed by atoms with E-state index in [-0.39, 0.29) is 18.1 Å². The molecule has 1 aliphatic heterocycles. The van der Waals surface area contributed by atoms with Crippen molar-refractivity contribution >= 4 is 40.6 Å². The van der Waals surface area contributed by atoms with Crippen LogP contribution in [0.3, 0.4) is 0 Å². The molecule has 4 rings (SSSR count). The third kappa shape index (κ3) is 5.41. The first-order valence-electron chi connectivity index (χ1n) is 10.8. The van der Waals surface area contributed by atoms with Gasteiger partial charge in [0, 0.05) is 0 Å². The van der Waals surface area contributed by atoms with Gasteiger partial charge in [0.05, 0.1) is 17.2 Å². The molecule has 0 spiro atoms. The minimum Gasteiger partial charge on any atom is -0.493 e. The zero-order valence-electron chi connectivity index (χ0n) is 19.2. The quantitative estimate of drug-likeness (QED) is 0.229. The van der Waals surface area contributed by atoms with Gasteiger partial charge in [0.2, 0.25) is 0 Å². The Labute approximate surface area is 212 Å². The lowest BCUT2D eigenvalue weighted by atomic mass is 10.1. The van der Waals surface area contributed by atoms with E-state index in [0.29, 0.717) is 18.1 Å². The third-order valence-corrected chi connectivity index (χ3v) is 6.25. The van der Waals surface area contributed by atoms with Gasteiger partial charge >= 0.3 is 6.03 Å². The van der Waals surface area contributed by atoms with Crippen molar-refractivity contribution in [1.29, 1.82) is 0 Å². The molecule has 1 N–H and O–H groups in total. The van der Waals surface area contributed by atoms with E-state index < -0.39 is 6.03 Å². The van der Waals surface area contributed by atoms with Crippen molar-refractivity contribution in [2.24, 2.45) is 0 Å². The zero-order valence-corrected chi connectivity index (χ0v) is 21.4. The number of ether oxygens (including phenoxy) is 2. The van der Waals surface area contributed by atoms with Gasteiger partial charge in [-0.3, -0.25) is 9.69 Å². The topological polar surface area (TPSA) is 67.9 Å². The van der Waals surface area contributed by atoms with Gasteiger partial charge in [0.1, 0.15) is 12.3 Å². The van der Waals surface area contributed by atoms with Gasteiger partial charge in [-0.25, -0.2) is 4.79 Å². The molecule has 0 saturated carbocycles. The molecule has 3 aromatic carbocycles. The van der Waals surface area contributed by atoms with E-state index in [0.717, 1.165) is 25.8 Å². The fourth-order valence-electron chi connectivity index (χ4n) is 3.68. The average molecular weight is 568 g/mol. The number of amides is 3. The summed E-state index contributed by atoms with van der Waals surface area (Å²) in [7, 11) is 1.58. The molecule has 34 heavy (non-hydrogen) atoms. The fraction of sp³-hybridized carbons (Fsp3) is 0.185. The summed E-state index contributed by atoms with van der Waals surface area (Å²) < 4.78 is 12.5. The van der Waals surface area contributed by atoms with Crippen LogP contribution in [-0.4, -0.2) is 23.9 Å². The summed E-state index contributed by atoms with van der Waals surface area (Å²) in [5.41, 5.74) is 5.20. The molecular formula is C27H25IN2O4. The first-order chi connectivity index (χ1) is 16.3. The van der Waals surface area contributed by atoms with Crippen molar-refractivity contribution in [1.82, 2.24) is 10.2 Å². The molecule has 0 bridgehead atoms. The maximum Gasteiger partial charge on any atom is 0.329 e. The molecule has 6 nitrogen and oxygen atoms in total. The molecule has 0 aliphatic carbocycles. The second kappa shape index (κ2) is 10.3. The van der Waals surface area contributed by atoms with E-state index in [4.69, 9.17) is 9.47 Å². The van der Waals surface area contributed by atoms with Gasteiger partial charge in [-0.1, -0.05) is 59.7 Å². The number of hydrogen-bond acceptors (Lipinski definition) is 4. The Morgan fingerprint density at radius 3 is 2.44 bits per heavy atom. The number of nitrogens with zero attached hydrogens (tertiary/aromatic N) is 1. The maximum atomic E-state index is 12.9. The van der Waals surface area contributed by atoms with Crippen molar-refractivity contribution in [3.8, 4) is 11.5 Å². The normalized spacial score (nSPS) is 14.5. The Bertz CT molecular complexity index is 1270. The number of methoxy groups -OCH3 is 1. The highest BCUT2D eigenvalue weighted by Crippen LogP contribution is 2.35. The number of halogens is 1. The molecule has 0 unspecified atom stereocenters. The molecule has 0 radical (unpaired) electrons. The molecule has 0 atom stereocenters. The molecule has 1 heterocycles. The van der Waals surface area contributed by atoms with Crippen LogP contribution in [0.1, 0.15) is 27.8 Å². The number of urea groups is 1. The number of carbonyl (C=O) groups is 2. The maximum absolute atomic E-state index is 12.9. The van der Waals surface area contributed by atoms with E-state index in [1.807, 2.05) is 62.4 Å². The molecule has 1 aliphatic rings. The van der Waals surface area contributed by atoms with Gasteiger partial charge in [0.25, 0.3) is 5.91 Å². The van der Waals surface area contributed by atoms with Gasteiger partial charge in [-0.05, 0) is 71.3 Å². The van der Waals surface area contributed by atoms with Gasteiger partial charge in [0.15, 0.2) is 11.5 Å².